The average Bonchev–Trinajstić information content (AvgIpc) is 2.70. The molecule has 0 aromatic carbocycles. The molecule has 0 radical (unpaired) electrons. The van der Waals surface area contributed by atoms with Gasteiger partial charge in [-0.25, -0.2) is 10.8 Å². The van der Waals surface area contributed by atoms with E-state index in [0.717, 1.165) is 25.7 Å². The van der Waals surface area contributed by atoms with E-state index in [4.69, 9.17) is 17.4 Å². The van der Waals surface area contributed by atoms with E-state index in [-0.39, 0.29) is 23.7 Å². The lowest BCUT2D eigenvalue weighted by Gasteiger charge is -2.28. The monoisotopic (exact) mass is 298 g/mol. The predicted molar refractivity (Wildman–Crippen MR) is 77.4 cm³/mol. The zero-order valence-corrected chi connectivity index (χ0v) is 11.9. The first-order valence-corrected chi connectivity index (χ1v) is 7.09. The van der Waals surface area contributed by atoms with Crippen LogP contribution in [0.4, 0.5) is 5.82 Å². The second-order valence-corrected chi connectivity index (χ2v) is 5.28. The highest BCUT2D eigenvalue weighted by Gasteiger charge is 2.26. The minimum absolute atomic E-state index is 0.0213. The summed E-state index contributed by atoms with van der Waals surface area (Å²) in [7, 11) is 0. The smallest absolute Gasteiger partial charge is 0.254 e. The summed E-state index contributed by atoms with van der Waals surface area (Å²) in [6.45, 7) is 0.627. The van der Waals surface area contributed by atoms with Gasteiger partial charge in [-0.15, -0.1) is 0 Å². The van der Waals surface area contributed by atoms with Crippen molar-refractivity contribution in [1.82, 2.24) is 9.88 Å². The average molecular weight is 299 g/mol. The van der Waals surface area contributed by atoms with E-state index in [1.807, 2.05) is 0 Å². The molecule has 1 amide bonds. The number of hydrogen-bond donors (Lipinski definition) is 3. The van der Waals surface area contributed by atoms with Gasteiger partial charge in [-0.1, -0.05) is 24.4 Å². The molecule has 20 heavy (non-hydrogen) atoms. The van der Waals surface area contributed by atoms with Crippen molar-refractivity contribution in [3.05, 3.63) is 22.8 Å². The molecule has 2 heterocycles. The Morgan fingerprint density at radius 2 is 2.30 bits per heavy atom. The molecule has 0 spiro atoms. The largest absolute Gasteiger partial charge is 0.394 e. The van der Waals surface area contributed by atoms with E-state index in [0.29, 0.717) is 17.9 Å². The maximum absolute atomic E-state index is 12.6. The predicted octanol–water partition coefficient (Wildman–Crippen LogP) is 1.40. The number of aromatic nitrogens is 1. The minimum Gasteiger partial charge on any atom is -0.394 e. The number of pyridine rings is 1. The van der Waals surface area contributed by atoms with E-state index in [2.05, 4.69) is 10.4 Å². The normalized spacial score (nSPS) is 19.6. The number of nitrogens with one attached hydrogen (secondary N) is 1. The van der Waals surface area contributed by atoms with Crippen molar-refractivity contribution >= 4 is 23.3 Å². The van der Waals surface area contributed by atoms with Crippen LogP contribution in [-0.4, -0.2) is 40.1 Å². The third-order valence-corrected chi connectivity index (χ3v) is 3.73. The Kier molecular flexibility index (Phi) is 5.17. The maximum atomic E-state index is 12.6. The van der Waals surface area contributed by atoms with Gasteiger partial charge in [0.15, 0.2) is 0 Å². The summed E-state index contributed by atoms with van der Waals surface area (Å²) < 4.78 is 0. The highest BCUT2D eigenvalue weighted by Crippen LogP contribution is 2.21. The highest BCUT2D eigenvalue weighted by atomic mass is 35.5. The van der Waals surface area contributed by atoms with E-state index < -0.39 is 0 Å². The number of nitrogens with two attached hydrogens (primary N) is 1. The molecule has 6 nitrogen and oxygen atoms in total. The molecule has 1 unspecified atom stereocenters. The molecule has 4 N–H and O–H groups in total. The van der Waals surface area contributed by atoms with Gasteiger partial charge in [0.1, 0.15) is 11.0 Å². The van der Waals surface area contributed by atoms with Crippen molar-refractivity contribution in [3.8, 4) is 0 Å². The number of carbonyl (C=O) groups excluding carboxylic acids is 1. The molecule has 2 rings (SSSR count). The molecule has 0 bridgehead atoms. The molecule has 1 aromatic heterocycles. The fourth-order valence-corrected chi connectivity index (χ4v) is 2.70. The fourth-order valence-electron chi connectivity index (χ4n) is 2.49. The van der Waals surface area contributed by atoms with E-state index >= 15 is 0 Å². The van der Waals surface area contributed by atoms with Crippen LogP contribution in [0.1, 0.15) is 36.0 Å². The Morgan fingerprint density at radius 1 is 1.50 bits per heavy atom. The van der Waals surface area contributed by atoms with Crippen molar-refractivity contribution < 1.29 is 9.90 Å². The molecule has 0 saturated carbocycles. The molecule has 1 aromatic rings. The van der Waals surface area contributed by atoms with Crippen molar-refractivity contribution in [3.63, 3.8) is 0 Å². The van der Waals surface area contributed by atoms with E-state index in [1.54, 1.807) is 11.0 Å². The molecule has 1 aliphatic heterocycles. The summed E-state index contributed by atoms with van der Waals surface area (Å²) >= 11 is 5.89. The van der Waals surface area contributed by atoms with Crippen LogP contribution in [0.15, 0.2) is 12.1 Å². The number of hydrazine groups is 1. The number of halogens is 1. The highest BCUT2D eigenvalue weighted by molar-refractivity contribution is 6.29. The second-order valence-electron chi connectivity index (χ2n) is 4.89. The van der Waals surface area contributed by atoms with Crippen molar-refractivity contribution in [2.75, 3.05) is 18.6 Å². The summed E-state index contributed by atoms with van der Waals surface area (Å²) in [5.74, 6) is 5.51. The topological polar surface area (TPSA) is 91.5 Å². The van der Waals surface area contributed by atoms with Gasteiger partial charge >= 0.3 is 0 Å². The lowest BCUT2D eigenvalue weighted by Crippen LogP contribution is -2.42. The van der Waals surface area contributed by atoms with Gasteiger partial charge in [-0.3, -0.25) is 4.79 Å². The lowest BCUT2D eigenvalue weighted by molar-refractivity contribution is 0.0600. The minimum atomic E-state index is -0.147. The maximum Gasteiger partial charge on any atom is 0.254 e. The Morgan fingerprint density at radius 3 is 3.00 bits per heavy atom. The molecule has 1 aliphatic rings. The van der Waals surface area contributed by atoms with Crippen LogP contribution < -0.4 is 11.3 Å². The van der Waals surface area contributed by atoms with Gasteiger partial charge < -0.3 is 15.4 Å². The zero-order chi connectivity index (χ0) is 14.5. The molecule has 1 saturated heterocycles. The Bertz CT molecular complexity index is 483. The molecule has 7 heteroatoms. The summed E-state index contributed by atoms with van der Waals surface area (Å²) in [6, 6.07) is 2.95. The van der Waals surface area contributed by atoms with Gasteiger partial charge in [0.05, 0.1) is 12.6 Å². The molecular weight excluding hydrogens is 280 g/mol. The van der Waals surface area contributed by atoms with Crippen molar-refractivity contribution in [1.29, 1.82) is 0 Å². The number of rotatable bonds is 3. The van der Waals surface area contributed by atoms with Crippen LogP contribution in [0.25, 0.3) is 0 Å². The van der Waals surface area contributed by atoms with Gasteiger partial charge in [-0.2, -0.15) is 0 Å². The third kappa shape index (κ3) is 3.39. The first-order chi connectivity index (χ1) is 9.65. The number of nitrogens with zero attached hydrogens (tertiary/aromatic N) is 2. The van der Waals surface area contributed by atoms with Crippen LogP contribution in [0.2, 0.25) is 5.15 Å². The fraction of sp³-hybridized carbons (Fsp3) is 0.538. The van der Waals surface area contributed by atoms with Crippen LogP contribution in [0.5, 0.6) is 0 Å². The first kappa shape index (κ1) is 15.0. The van der Waals surface area contributed by atoms with Gasteiger partial charge in [0.25, 0.3) is 5.91 Å². The zero-order valence-electron chi connectivity index (χ0n) is 11.2. The second kappa shape index (κ2) is 6.88. The number of hydrogen-bond acceptors (Lipinski definition) is 5. The summed E-state index contributed by atoms with van der Waals surface area (Å²) in [5, 5.41) is 9.68. The van der Waals surface area contributed by atoms with Gasteiger partial charge in [-0.05, 0) is 25.0 Å². The van der Waals surface area contributed by atoms with Crippen LogP contribution in [-0.2, 0) is 0 Å². The van der Waals surface area contributed by atoms with Crippen molar-refractivity contribution in [2.45, 2.75) is 31.7 Å². The molecule has 1 fully saturated rings. The Labute approximate surface area is 122 Å². The third-order valence-electron chi connectivity index (χ3n) is 3.54. The lowest BCUT2D eigenvalue weighted by atomic mass is 10.1. The quantitative estimate of drug-likeness (QED) is 0.446. The number of anilines is 1. The number of likely N-dealkylation sites (tertiary alicyclic amines) is 1. The molecular formula is C13H19ClN4O2. The number of carbonyl (C=O) groups is 1. The van der Waals surface area contributed by atoms with Crippen LogP contribution in [0.3, 0.4) is 0 Å². The van der Waals surface area contributed by atoms with E-state index in [1.165, 1.54) is 6.07 Å². The number of aliphatic hydroxyl groups is 1. The number of aliphatic hydroxyl groups excluding tert-OH is 1. The first-order valence-electron chi connectivity index (χ1n) is 6.71. The number of nitrogen functional groups attached to an aromatic ring is 1. The van der Waals surface area contributed by atoms with Crippen LogP contribution in [0, 0.1) is 0 Å². The molecule has 110 valence electrons. The number of amides is 1. The van der Waals surface area contributed by atoms with E-state index in [9.17, 15) is 9.90 Å². The van der Waals surface area contributed by atoms with Crippen molar-refractivity contribution in [2.24, 2.45) is 5.84 Å². The molecule has 0 aliphatic carbocycles. The Balaban J connectivity index is 2.26. The summed E-state index contributed by atoms with van der Waals surface area (Å²) in [5.41, 5.74) is 2.82. The van der Waals surface area contributed by atoms with Gasteiger partial charge in [0, 0.05) is 12.1 Å². The van der Waals surface area contributed by atoms with Gasteiger partial charge in [0.2, 0.25) is 0 Å². The summed E-state index contributed by atoms with van der Waals surface area (Å²) in [4.78, 5) is 18.3. The Hall–Kier alpha value is -1.37. The van der Waals surface area contributed by atoms with Crippen LogP contribution >= 0.6 is 11.6 Å². The standard InChI is InChI=1S/C13H19ClN4O2/c14-11-6-9(7-12(16-11)17-15)13(20)18-5-3-1-2-4-10(18)8-19/h6-7,10,19H,1-5,8,15H2,(H,16,17). The summed E-state index contributed by atoms with van der Waals surface area (Å²) in [6.07, 6.45) is 3.88. The molecule has 1 atom stereocenters. The SMILES string of the molecule is NNc1cc(C(=O)N2CCCCCC2CO)cc(Cl)n1.